The predicted octanol–water partition coefficient (Wildman–Crippen LogP) is 15.9. The quantitative estimate of drug-likeness (QED) is 0.148. The third kappa shape index (κ3) is 10.6. The number of hydrogen-bond acceptors (Lipinski definition) is 8. The van der Waals surface area contributed by atoms with Crippen LogP contribution in [-0.4, -0.2) is 28.4 Å². The highest BCUT2D eigenvalue weighted by Crippen LogP contribution is 2.43. The van der Waals surface area contributed by atoms with Gasteiger partial charge in [-0.05, 0) is 139 Å². The minimum absolute atomic E-state index is 0.00934. The summed E-state index contributed by atoms with van der Waals surface area (Å²) in [7, 11) is -7.64. The highest BCUT2D eigenvalue weighted by atomic mass is 79.9. The summed E-state index contributed by atoms with van der Waals surface area (Å²) in [5.41, 5.74) is 8.38. The van der Waals surface area contributed by atoms with E-state index in [4.69, 9.17) is 0 Å². The molecule has 2 heterocycles. The fourth-order valence-electron chi connectivity index (χ4n) is 9.11. The molecule has 0 spiro atoms. The number of benzene rings is 10. The Morgan fingerprint density at radius 2 is 0.613 bits per heavy atom. The number of rotatable bonds is 8. The van der Waals surface area contributed by atoms with Crippen molar-refractivity contribution in [2.45, 2.75) is 26.0 Å². The number of sulfone groups is 2. The van der Waals surface area contributed by atoms with Crippen molar-refractivity contribution in [2.75, 3.05) is 9.80 Å². The smallest absolute Gasteiger partial charge is 0.208 e. The van der Waals surface area contributed by atoms with Crippen LogP contribution in [0.1, 0.15) is 43.0 Å². The van der Waals surface area contributed by atoms with E-state index in [1.54, 1.807) is 54.6 Å². The maximum atomic E-state index is 14.1. The molecule has 12 rings (SSSR count). The van der Waals surface area contributed by atoms with Gasteiger partial charge >= 0.3 is 0 Å². The van der Waals surface area contributed by atoms with Crippen molar-refractivity contribution in [2.24, 2.45) is 0 Å². The normalized spacial score (nSPS) is 13.2. The van der Waals surface area contributed by atoms with Crippen molar-refractivity contribution in [1.82, 2.24) is 0 Å². The van der Waals surface area contributed by atoms with Gasteiger partial charge in [0.25, 0.3) is 0 Å². The number of carbonyl (C=O) groups excluding carboxylic acids is 2. The van der Waals surface area contributed by atoms with E-state index in [1.165, 1.54) is 29.3 Å². The molecular weight excluding hydrogens is 1100 g/mol. The molecule has 10 aromatic carbocycles. The summed E-state index contributed by atoms with van der Waals surface area (Å²) in [6, 6.07) is 79.5. The van der Waals surface area contributed by atoms with E-state index in [0.29, 0.717) is 20.3 Å². The van der Waals surface area contributed by atoms with Crippen LogP contribution in [0.3, 0.4) is 0 Å². The van der Waals surface area contributed by atoms with Crippen molar-refractivity contribution in [3.05, 3.63) is 297 Å². The maximum absolute atomic E-state index is 14.1. The summed E-state index contributed by atoms with van der Waals surface area (Å²) in [4.78, 5) is 30.5. The fraction of sp³-hybridized carbons (Fsp3) is 0.0159. The van der Waals surface area contributed by atoms with E-state index in [-0.39, 0.29) is 53.4 Å². The van der Waals surface area contributed by atoms with Gasteiger partial charge in [0.1, 0.15) is 0 Å². The lowest BCUT2D eigenvalue weighted by Gasteiger charge is -2.28. The average Bonchev–Trinajstić information content (AvgIpc) is 3.44. The van der Waals surface area contributed by atoms with Crippen LogP contribution in [0, 0.1) is 0 Å². The lowest BCUT2D eigenvalue weighted by Crippen LogP contribution is -2.22. The van der Waals surface area contributed by atoms with Gasteiger partial charge in [-0.2, -0.15) is 0 Å². The molecule has 0 N–H and O–H groups in total. The van der Waals surface area contributed by atoms with Gasteiger partial charge in [0.05, 0.1) is 19.6 Å². The summed E-state index contributed by atoms with van der Waals surface area (Å²) in [5.74, 6) is -0.589. The fourth-order valence-corrected chi connectivity index (χ4v) is 13.3. The van der Waals surface area contributed by atoms with Crippen LogP contribution in [0.25, 0.3) is 0 Å². The third-order valence-electron chi connectivity index (χ3n) is 12.6. The van der Waals surface area contributed by atoms with Crippen molar-refractivity contribution >= 4 is 97.2 Å². The number of fused-ring (bicyclic) bond motifs is 4. The number of ketones is 2. The molecule has 0 aromatic heterocycles. The Morgan fingerprint density at radius 3 is 1.05 bits per heavy atom. The molecule has 0 atom stereocenters. The van der Waals surface area contributed by atoms with E-state index in [9.17, 15) is 26.4 Å². The molecule has 0 fully saturated rings. The molecule has 368 valence electrons. The van der Waals surface area contributed by atoms with Crippen molar-refractivity contribution in [3.8, 4) is 0 Å². The zero-order valence-electron chi connectivity index (χ0n) is 39.9. The highest BCUT2D eigenvalue weighted by Gasteiger charge is 2.37. The molecule has 12 heteroatoms. The van der Waals surface area contributed by atoms with Crippen molar-refractivity contribution in [1.29, 1.82) is 0 Å². The first-order chi connectivity index (χ1) is 36.4. The molecule has 75 heavy (non-hydrogen) atoms. The number of hydrogen-bond donors (Lipinski definition) is 0. The number of para-hydroxylation sites is 4. The Labute approximate surface area is 453 Å². The summed E-state index contributed by atoms with van der Waals surface area (Å²) in [6.07, 6.45) is 1.03. The molecule has 0 saturated carbocycles. The molecule has 8 nitrogen and oxygen atoms in total. The maximum Gasteiger partial charge on any atom is 0.208 e. The minimum atomic E-state index is -3.99. The second-order valence-electron chi connectivity index (χ2n) is 17.5. The van der Waals surface area contributed by atoms with E-state index >= 15 is 0 Å². The van der Waals surface area contributed by atoms with Crippen LogP contribution in [0.15, 0.2) is 283 Å². The van der Waals surface area contributed by atoms with Crippen LogP contribution in [0.2, 0.25) is 0 Å². The highest BCUT2D eigenvalue weighted by molar-refractivity contribution is 9.10. The minimum Gasteiger partial charge on any atom is -0.310 e. The lowest BCUT2D eigenvalue weighted by atomic mass is 10.0. The van der Waals surface area contributed by atoms with E-state index in [2.05, 4.69) is 92.5 Å². The summed E-state index contributed by atoms with van der Waals surface area (Å²) in [6.45, 7) is 0. The molecule has 2 aliphatic rings. The van der Waals surface area contributed by atoms with E-state index < -0.39 is 19.7 Å². The van der Waals surface area contributed by atoms with Gasteiger partial charge < -0.3 is 9.80 Å². The first-order valence-corrected chi connectivity index (χ1v) is 28.3. The predicted molar refractivity (Wildman–Crippen MR) is 304 cm³/mol. The second kappa shape index (κ2) is 21.8. The molecule has 2 aliphatic heterocycles. The Balaban J connectivity index is 0.000000163. The van der Waals surface area contributed by atoms with Crippen LogP contribution in [0.5, 0.6) is 0 Å². The molecule has 0 unspecified atom stereocenters. The Kier molecular flexibility index (Phi) is 14.7. The Hall–Kier alpha value is -8.00. The molecule has 0 saturated heterocycles. The standard InChI is InChI=1S/C37H26N2O3S.C13H6Br2O3S.C13H12/c40-37-33-23-21-32(39(29-17-9-3-10-18-29)30-19-11-4-12-20-30)26-36(33)43(41,42)35-24-22-31(25-34(35)37)38(27-13-5-1-6-14-27)28-15-7-2-8-16-28;14-7-2-4-11-10(5-7)13(16)9-3-1-8(15)6-12(9)19(11,17)18;1-3-7-12(8-4-1)11-13-9-5-2-6-10-13/h1-26H;1-6H;1-10H,11H2. The summed E-state index contributed by atoms with van der Waals surface area (Å²) in [5, 5.41) is 0. The third-order valence-corrected chi connectivity index (χ3v) is 17.3. The zero-order valence-corrected chi connectivity index (χ0v) is 44.7. The molecular formula is C63H44Br2N2O6S2. The molecule has 0 bridgehead atoms. The van der Waals surface area contributed by atoms with Gasteiger partial charge in [0.15, 0.2) is 11.6 Å². The monoisotopic (exact) mass is 1150 g/mol. The number of anilines is 6. The van der Waals surface area contributed by atoms with Crippen LogP contribution in [0.4, 0.5) is 34.1 Å². The topological polar surface area (TPSA) is 109 Å². The molecule has 0 amide bonds. The molecule has 0 radical (unpaired) electrons. The number of halogens is 2. The van der Waals surface area contributed by atoms with Crippen LogP contribution >= 0.6 is 31.9 Å². The van der Waals surface area contributed by atoms with Crippen LogP contribution < -0.4 is 9.80 Å². The average molecular weight is 1150 g/mol. The van der Waals surface area contributed by atoms with Gasteiger partial charge in [0.2, 0.25) is 19.7 Å². The van der Waals surface area contributed by atoms with Gasteiger partial charge in [-0.15, -0.1) is 0 Å². The first-order valence-electron chi connectivity index (χ1n) is 23.7. The summed E-state index contributed by atoms with van der Waals surface area (Å²) < 4.78 is 54.6. The molecule has 10 aromatic rings. The van der Waals surface area contributed by atoms with Gasteiger partial charge in [-0.3, -0.25) is 9.59 Å². The van der Waals surface area contributed by atoms with Gasteiger partial charge in [0, 0.05) is 65.3 Å². The van der Waals surface area contributed by atoms with E-state index in [1.807, 2.05) is 131 Å². The second-order valence-corrected chi connectivity index (χ2v) is 23.1. The van der Waals surface area contributed by atoms with Crippen molar-refractivity contribution in [3.63, 3.8) is 0 Å². The number of carbonyl (C=O) groups is 2. The Morgan fingerprint density at radius 1 is 0.293 bits per heavy atom. The van der Waals surface area contributed by atoms with E-state index in [0.717, 1.165) is 29.2 Å². The zero-order chi connectivity index (χ0) is 52.1. The first kappa shape index (κ1) is 50.5. The van der Waals surface area contributed by atoms with Crippen LogP contribution in [-0.2, 0) is 26.1 Å². The lowest BCUT2D eigenvalue weighted by molar-refractivity contribution is 0.102. The Bertz CT molecular complexity index is 3830. The van der Waals surface area contributed by atoms with Gasteiger partial charge in [-0.1, -0.05) is 165 Å². The van der Waals surface area contributed by atoms with Crippen molar-refractivity contribution < 1.29 is 26.4 Å². The summed E-state index contributed by atoms with van der Waals surface area (Å²) >= 11 is 6.48. The number of nitrogens with zero attached hydrogens (tertiary/aromatic N) is 2. The SMILES string of the molecule is O=C1c2cc(Br)ccc2S(=O)(=O)c2cc(Br)ccc21.O=C1c2cc(N(c3ccccc3)c3ccccc3)ccc2S(=O)(=O)c2cc(N(c3ccccc3)c3ccccc3)ccc21.c1ccc(Cc2ccccc2)cc1. The molecule has 0 aliphatic carbocycles. The van der Waals surface area contributed by atoms with Gasteiger partial charge in [-0.25, -0.2) is 16.8 Å². The largest absolute Gasteiger partial charge is 0.310 e.